The maximum atomic E-state index is 12.8. The molecule has 8 heteroatoms. The normalized spacial score (nSPS) is 11.3. The number of nitro groups is 1. The predicted molar refractivity (Wildman–Crippen MR) is 116 cm³/mol. The van der Waals surface area contributed by atoms with Gasteiger partial charge in [0.2, 0.25) is 0 Å². The molecule has 0 saturated carbocycles. The smallest absolute Gasteiger partial charge is 0.270 e. The number of pyridine rings is 1. The van der Waals surface area contributed by atoms with Crippen molar-refractivity contribution in [1.29, 1.82) is 0 Å². The summed E-state index contributed by atoms with van der Waals surface area (Å²) in [5.41, 5.74) is 2.71. The van der Waals surface area contributed by atoms with Gasteiger partial charge in [-0.25, -0.2) is 9.67 Å². The van der Waals surface area contributed by atoms with E-state index in [-0.39, 0.29) is 11.3 Å². The maximum absolute atomic E-state index is 12.8. The summed E-state index contributed by atoms with van der Waals surface area (Å²) in [5.74, 6) is 0.265. The topological polar surface area (TPSA) is 103 Å². The molecule has 0 spiro atoms. The fourth-order valence-corrected chi connectivity index (χ4v) is 3.38. The highest BCUT2D eigenvalue weighted by atomic mass is 16.6. The van der Waals surface area contributed by atoms with E-state index in [1.165, 1.54) is 24.3 Å². The lowest BCUT2D eigenvalue weighted by Crippen LogP contribution is -2.13. The van der Waals surface area contributed by atoms with Crippen molar-refractivity contribution in [2.75, 3.05) is 5.32 Å². The van der Waals surface area contributed by atoms with Crippen LogP contribution in [0.15, 0.2) is 48.5 Å². The third kappa shape index (κ3) is 3.71. The first kappa shape index (κ1) is 19.5. The van der Waals surface area contributed by atoms with Crippen LogP contribution in [-0.4, -0.2) is 25.6 Å². The number of carbonyl (C=O) groups excluding carboxylic acids is 1. The quantitative estimate of drug-likeness (QED) is 0.384. The van der Waals surface area contributed by atoms with Gasteiger partial charge in [-0.2, -0.15) is 5.10 Å². The Hall–Kier alpha value is -3.81. The number of benzene rings is 2. The van der Waals surface area contributed by atoms with E-state index < -0.39 is 10.8 Å². The van der Waals surface area contributed by atoms with Crippen LogP contribution >= 0.6 is 0 Å². The molecule has 0 saturated heterocycles. The number of nitrogens with zero attached hydrogens (tertiary/aromatic N) is 4. The largest absolute Gasteiger partial charge is 0.304 e. The summed E-state index contributed by atoms with van der Waals surface area (Å²) in [6, 6.07) is 13.6. The average molecular weight is 403 g/mol. The first-order chi connectivity index (χ1) is 14.3. The van der Waals surface area contributed by atoms with Gasteiger partial charge < -0.3 is 5.32 Å². The van der Waals surface area contributed by atoms with Crippen LogP contribution in [0.2, 0.25) is 0 Å². The van der Waals surface area contributed by atoms with Gasteiger partial charge in [0, 0.05) is 29.6 Å². The fourth-order valence-electron chi connectivity index (χ4n) is 3.38. The molecule has 152 valence electrons. The molecule has 2 heterocycles. The molecule has 0 radical (unpaired) electrons. The Bertz CT molecular complexity index is 1290. The van der Waals surface area contributed by atoms with E-state index >= 15 is 0 Å². The van der Waals surface area contributed by atoms with Crippen molar-refractivity contribution in [3.63, 3.8) is 0 Å². The molecule has 1 N–H and O–H groups in total. The van der Waals surface area contributed by atoms with Crippen LogP contribution in [0.1, 0.15) is 29.8 Å². The van der Waals surface area contributed by atoms with Crippen molar-refractivity contribution >= 4 is 39.3 Å². The van der Waals surface area contributed by atoms with Gasteiger partial charge in [0.15, 0.2) is 11.5 Å². The van der Waals surface area contributed by atoms with Gasteiger partial charge in [-0.3, -0.25) is 14.9 Å². The lowest BCUT2D eigenvalue weighted by atomic mass is 10.1. The van der Waals surface area contributed by atoms with Gasteiger partial charge in [-0.05, 0) is 37.1 Å². The van der Waals surface area contributed by atoms with Crippen LogP contribution in [0.5, 0.6) is 0 Å². The van der Waals surface area contributed by atoms with Gasteiger partial charge in [0.05, 0.1) is 15.8 Å². The molecule has 4 aromatic rings. The first-order valence-electron chi connectivity index (χ1n) is 9.65. The molecule has 1 amide bonds. The number of aryl methyl sites for hydroxylation is 1. The molecule has 0 aliphatic carbocycles. The Balaban J connectivity index is 1.80. The van der Waals surface area contributed by atoms with Crippen LogP contribution in [0, 0.1) is 23.0 Å². The molecule has 30 heavy (non-hydrogen) atoms. The predicted octanol–water partition coefficient (Wildman–Crippen LogP) is 4.71. The number of fused-ring (bicyclic) bond motifs is 2. The highest BCUT2D eigenvalue weighted by Crippen LogP contribution is 2.27. The van der Waals surface area contributed by atoms with E-state index in [0.29, 0.717) is 23.9 Å². The second kappa shape index (κ2) is 7.55. The van der Waals surface area contributed by atoms with E-state index in [0.717, 1.165) is 21.9 Å². The van der Waals surface area contributed by atoms with Crippen LogP contribution in [0.4, 0.5) is 11.5 Å². The molecular formula is C22H21N5O3. The zero-order chi connectivity index (χ0) is 21.4. The van der Waals surface area contributed by atoms with Gasteiger partial charge in [0.25, 0.3) is 11.6 Å². The lowest BCUT2D eigenvalue weighted by Gasteiger charge is -2.06. The summed E-state index contributed by atoms with van der Waals surface area (Å²) in [6.45, 7) is 6.82. The number of non-ortho nitro benzene ring substituents is 1. The zero-order valence-corrected chi connectivity index (χ0v) is 16.9. The highest BCUT2D eigenvalue weighted by molar-refractivity contribution is 6.09. The summed E-state index contributed by atoms with van der Waals surface area (Å²) >= 11 is 0. The molecule has 2 aromatic carbocycles. The third-order valence-corrected chi connectivity index (χ3v) is 4.76. The maximum Gasteiger partial charge on any atom is 0.270 e. The Morgan fingerprint density at radius 2 is 2.00 bits per heavy atom. The summed E-state index contributed by atoms with van der Waals surface area (Å²) in [5, 5.41) is 20.1. The molecule has 4 rings (SSSR count). The van der Waals surface area contributed by atoms with Crippen molar-refractivity contribution in [2.45, 2.75) is 27.3 Å². The minimum absolute atomic E-state index is 0.138. The number of rotatable bonds is 5. The number of hydrogen-bond acceptors (Lipinski definition) is 5. The van der Waals surface area contributed by atoms with E-state index in [1.54, 1.807) is 4.68 Å². The zero-order valence-electron chi connectivity index (χ0n) is 16.9. The molecule has 0 bridgehead atoms. The summed E-state index contributed by atoms with van der Waals surface area (Å²) in [7, 11) is 0. The minimum Gasteiger partial charge on any atom is -0.304 e. The molecule has 0 aliphatic rings. The fraction of sp³-hybridized carbons (Fsp3) is 0.227. The van der Waals surface area contributed by atoms with Crippen molar-refractivity contribution in [3.05, 3.63) is 69.8 Å². The Morgan fingerprint density at radius 1 is 1.20 bits per heavy atom. The third-order valence-electron chi connectivity index (χ3n) is 4.76. The Morgan fingerprint density at radius 3 is 2.73 bits per heavy atom. The van der Waals surface area contributed by atoms with E-state index in [2.05, 4.69) is 24.3 Å². The monoisotopic (exact) mass is 403 g/mol. The number of nitrogens with one attached hydrogen (secondary N) is 1. The molecule has 0 fully saturated rings. The Labute approximate surface area is 172 Å². The number of aromatic nitrogens is 3. The number of anilines is 1. The van der Waals surface area contributed by atoms with Crippen molar-refractivity contribution < 1.29 is 9.72 Å². The number of amides is 1. The number of hydrogen-bond donors (Lipinski definition) is 1. The van der Waals surface area contributed by atoms with Gasteiger partial charge >= 0.3 is 0 Å². The molecule has 8 nitrogen and oxygen atoms in total. The molecular weight excluding hydrogens is 382 g/mol. The molecule has 0 aliphatic heterocycles. The minimum atomic E-state index is -0.526. The molecule has 0 atom stereocenters. The van der Waals surface area contributed by atoms with Crippen molar-refractivity contribution in [2.24, 2.45) is 5.92 Å². The van der Waals surface area contributed by atoms with Gasteiger partial charge in [-0.1, -0.05) is 31.5 Å². The number of nitro benzene ring substituents is 1. The second-order valence-electron chi connectivity index (χ2n) is 7.74. The SMILES string of the molecule is Cc1ccc2nc3c(cc2c1)c(NC(=O)c1cccc([N+](=O)[O-])c1)nn3CC(C)C. The standard InChI is InChI=1S/C22H21N5O3/c1-13(2)12-26-21-18(11-16-9-14(3)7-8-19(16)23-21)20(25-26)24-22(28)15-5-4-6-17(10-15)27(29)30/h4-11,13H,12H2,1-3H3,(H,24,25,28). The van der Waals surface area contributed by atoms with E-state index in [1.807, 2.05) is 31.2 Å². The average Bonchev–Trinajstić information content (AvgIpc) is 3.01. The lowest BCUT2D eigenvalue weighted by molar-refractivity contribution is -0.384. The van der Waals surface area contributed by atoms with Crippen molar-refractivity contribution in [3.8, 4) is 0 Å². The first-order valence-corrected chi connectivity index (χ1v) is 9.65. The second-order valence-corrected chi connectivity index (χ2v) is 7.74. The molecule has 0 unspecified atom stereocenters. The number of carbonyl (C=O) groups is 1. The molecule has 2 aromatic heterocycles. The van der Waals surface area contributed by atoms with E-state index in [4.69, 9.17) is 4.98 Å². The van der Waals surface area contributed by atoms with Gasteiger partial charge in [0.1, 0.15) is 0 Å². The summed E-state index contributed by atoms with van der Waals surface area (Å²) in [4.78, 5) is 28.0. The summed E-state index contributed by atoms with van der Waals surface area (Å²) < 4.78 is 1.79. The van der Waals surface area contributed by atoms with Crippen LogP contribution in [-0.2, 0) is 6.54 Å². The van der Waals surface area contributed by atoms with Gasteiger partial charge in [-0.15, -0.1) is 0 Å². The van der Waals surface area contributed by atoms with Crippen molar-refractivity contribution in [1.82, 2.24) is 14.8 Å². The van der Waals surface area contributed by atoms with E-state index in [9.17, 15) is 14.9 Å². The summed E-state index contributed by atoms with van der Waals surface area (Å²) in [6.07, 6.45) is 0. The van der Waals surface area contributed by atoms with Crippen LogP contribution < -0.4 is 5.32 Å². The Kier molecular flexibility index (Phi) is 4.91. The van der Waals surface area contributed by atoms with Crippen LogP contribution in [0.3, 0.4) is 0 Å². The highest BCUT2D eigenvalue weighted by Gasteiger charge is 2.18. The van der Waals surface area contributed by atoms with Crippen LogP contribution in [0.25, 0.3) is 21.9 Å².